The van der Waals surface area contributed by atoms with Gasteiger partial charge < -0.3 is 24.1 Å². The number of nitrogens with one attached hydrogen (secondary N) is 1. The molecule has 0 unspecified atom stereocenters. The molecule has 2 aromatic heterocycles. The predicted molar refractivity (Wildman–Crippen MR) is 134 cm³/mol. The largest absolute Gasteiger partial charge is 0.339 e. The van der Waals surface area contributed by atoms with Crippen molar-refractivity contribution in [3.8, 4) is 0 Å². The fourth-order valence-corrected chi connectivity index (χ4v) is 5.78. The van der Waals surface area contributed by atoms with E-state index in [0.717, 1.165) is 55.6 Å². The highest BCUT2D eigenvalue weighted by molar-refractivity contribution is 5.93. The summed E-state index contributed by atoms with van der Waals surface area (Å²) in [5.41, 5.74) is 2.98. The van der Waals surface area contributed by atoms with E-state index in [-0.39, 0.29) is 17.3 Å². The van der Waals surface area contributed by atoms with Crippen molar-refractivity contribution in [2.24, 2.45) is 0 Å². The molecule has 0 atom stereocenters. The summed E-state index contributed by atoms with van der Waals surface area (Å²) in [5.74, 6) is -0.223. The Kier molecular flexibility index (Phi) is 5.33. The number of para-hydroxylation sites is 2. The van der Waals surface area contributed by atoms with Crippen LogP contribution in [0.4, 0.5) is 10.1 Å². The van der Waals surface area contributed by atoms with E-state index in [1.165, 1.54) is 12.1 Å². The number of fused-ring (bicyclic) bond motifs is 3. The molecule has 4 heterocycles. The molecule has 7 nitrogen and oxygen atoms in total. The van der Waals surface area contributed by atoms with E-state index in [4.69, 9.17) is 0 Å². The van der Waals surface area contributed by atoms with E-state index >= 15 is 0 Å². The minimum Gasteiger partial charge on any atom is -0.339 e. The predicted octanol–water partition coefficient (Wildman–Crippen LogP) is 3.21. The zero-order chi connectivity index (χ0) is 24.0. The lowest BCUT2D eigenvalue weighted by Gasteiger charge is -2.43. The second-order valence-corrected chi connectivity index (χ2v) is 9.50. The van der Waals surface area contributed by atoms with E-state index in [9.17, 15) is 14.0 Å². The zero-order valence-corrected chi connectivity index (χ0v) is 19.5. The molecule has 6 rings (SSSR count). The summed E-state index contributed by atoms with van der Waals surface area (Å²) in [7, 11) is 0. The number of aryl methyl sites for hydroxylation is 1. The maximum atomic E-state index is 13.4. The molecule has 4 aromatic rings. The van der Waals surface area contributed by atoms with Crippen LogP contribution < -0.4 is 15.8 Å². The first-order valence-corrected chi connectivity index (χ1v) is 12.2. The van der Waals surface area contributed by atoms with Gasteiger partial charge in [0, 0.05) is 31.5 Å². The van der Waals surface area contributed by atoms with Crippen LogP contribution in [-0.2, 0) is 11.3 Å². The minimum absolute atomic E-state index is 0.0314. The van der Waals surface area contributed by atoms with E-state index in [0.29, 0.717) is 18.7 Å². The number of piperidine rings is 1. The van der Waals surface area contributed by atoms with Gasteiger partial charge in [0.2, 0.25) is 5.91 Å². The molecule has 2 fully saturated rings. The van der Waals surface area contributed by atoms with Crippen LogP contribution in [0.15, 0.2) is 71.7 Å². The van der Waals surface area contributed by atoms with Crippen LogP contribution in [0.5, 0.6) is 0 Å². The molecule has 2 aliphatic heterocycles. The van der Waals surface area contributed by atoms with Crippen molar-refractivity contribution in [1.82, 2.24) is 19.2 Å². The number of likely N-dealkylation sites (tertiary alicyclic amines) is 1. The number of amides is 1. The van der Waals surface area contributed by atoms with Crippen molar-refractivity contribution in [1.29, 1.82) is 0 Å². The van der Waals surface area contributed by atoms with Gasteiger partial charge >= 0.3 is 0 Å². The fourth-order valence-electron chi connectivity index (χ4n) is 5.78. The lowest BCUT2D eigenvalue weighted by atomic mass is 9.85. The molecule has 1 amide bonds. The van der Waals surface area contributed by atoms with E-state index in [2.05, 4.69) is 15.1 Å². The highest BCUT2D eigenvalue weighted by Gasteiger charge is 2.50. The summed E-state index contributed by atoms with van der Waals surface area (Å²) in [6.07, 6.45) is 4.22. The van der Waals surface area contributed by atoms with Crippen LogP contribution in [-0.4, -0.2) is 51.6 Å². The third-order valence-corrected chi connectivity index (χ3v) is 7.66. The van der Waals surface area contributed by atoms with Crippen molar-refractivity contribution < 1.29 is 9.18 Å². The van der Waals surface area contributed by atoms with Crippen molar-refractivity contribution in [3.05, 3.63) is 83.0 Å². The molecule has 2 aliphatic rings. The third kappa shape index (κ3) is 3.60. The number of aromatic nitrogens is 2. The van der Waals surface area contributed by atoms with Crippen LogP contribution in [0.1, 0.15) is 19.3 Å². The highest BCUT2D eigenvalue weighted by Crippen LogP contribution is 2.36. The summed E-state index contributed by atoms with van der Waals surface area (Å²) in [6.45, 7) is 3.56. The molecule has 8 heteroatoms. The summed E-state index contributed by atoms with van der Waals surface area (Å²) < 4.78 is 17.3. The molecule has 35 heavy (non-hydrogen) atoms. The molecule has 0 bridgehead atoms. The van der Waals surface area contributed by atoms with Gasteiger partial charge in [0.05, 0.1) is 17.7 Å². The molecular formula is C27H28FN5O2. The monoisotopic (exact) mass is 473 g/mol. The second kappa shape index (κ2) is 8.53. The SMILES string of the molecule is O=C1NCN(c2ccc(F)cc2)C12CCN(CCCn1c(=O)c3cccn3c3ccccc31)CC2. The van der Waals surface area contributed by atoms with Gasteiger partial charge in [-0.2, -0.15) is 0 Å². The van der Waals surface area contributed by atoms with Gasteiger partial charge in [0.25, 0.3) is 5.56 Å². The van der Waals surface area contributed by atoms with E-state index in [1.54, 1.807) is 12.1 Å². The number of anilines is 1. The van der Waals surface area contributed by atoms with Crippen molar-refractivity contribution in [2.75, 3.05) is 31.2 Å². The van der Waals surface area contributed by atoms with Gasteiger partial charge in [-0.1, -0.05) is 12.1 Å². The lowest BCUT2D eigenvalue weighted by Crippen LogP contribution is -2.56. The number of rotatable bonds is 5. The summed E-state index contributed by atoms with van der Waals surface area (Å²) in [4.78, 5) is 30.5. The zero-order valence-electron chi connectivity index (χ0n) is 19.5. The Hall–Kier alpha value is -3.65. The average molecular weight is 474 g/mol. The maximum absolute atomic E-state index is 13.4. The molecular weight excluding hydrogens is 445 g/mol. The Morgan fingerprint density at radius 3 is 2.34 bits per heavy atom. The van der Waals surface area contributed by atoms with Gasteiger partial charge in [0.15, 0.2) is 0 Å². The molecule has 2 saturated heterocycles. The molecule has 0 aliphatic carbocycles. The first kappa shape index (κ1) is 21.9. The standard InChI is InChI=1S/C27H28FN5O2/c28-20-8-10-21(11-9-20)33-19-29-26(35)27(33)12-17-30(18-13-27)14-4-16-32-23-6-2-1-5-22(23)31-15-3-7-24(31)25(32)34/h1-3,5-11,15H,4,12-14,16-19H2,(H,29,35). The number of carbonyl (C=O) groups excluding carboxylic acids is 1. The Morgan fingerprint density at radius 1 is 0.857 bits per heavy atom. The van der Waals surface area contributed by atoms with Crippen molar-refractivity contribution in [2.45, 2.75) is 31.3 Å². The van der Waals surface area contributed by atoms with Crippen molar-refractivity contribution in [3.63, 3.8) is 0 Å². The minimum atomic E-state index is -0.582. The third-order valence-electron chi connectivity index (χ3n) is 7.66. The maximum Gasteiger partial charge on any atom is 0.275 e. The van der Waals surface area contributed by atoms with E-state index < -0.39 is 5.54 Å². The molecule has 0 saturated carbocycles. The van der Waals surface area contributed by atoms with Gasteiger partial charge in [-0.25, -0.2) is 4.39 Å². The molecule has 1 N–H and O–H groups in total. The Morgan fingerprint density at radius 2 is 1.57 bits per heavy atom. The number of halogens is 1. The summed E-state index contributed by atoms with van der Waals surface area (Å²) in [6, 6.07) is 18.2. The number of hydrogen-bond donors (Lipinski definition) is 1. The van der Waals surface area contributed by atoms with Gasteiger partial charge in [-0.3, -0.25) is 9.59 Å². The topological polar surface area (TPSA) is 62.0 Å². The first-order chi connectivity index (χ1) is 17.1. The molecule has 0 radical (unpaired) electrons. The Labute approximate surface area is 202 Å². The fraction of sp³-hybridized carbons (Fsp3) is 0.333. The second-order valence-electron chi connectivity index (χ2n) is 9.50. The Bertz CT molecular complexity index is 1450. The highest BCUT2D eigenvalue weighted by atomic mass is 19.1. The Balaban J connectivity index is 1.14. The summed E-state index contributed by atoms with van der Waals surface area (Å²) >= 11 is 0. The number of hydrogen-bond acceptors (Lipinski definition) is 4. The number of carbonyl (C=O) groups is 1. The van der Waals surface area contributed by atoms with Crippen molar-refractivity contribution >= 4 is 28.1 Å². The van der Waals surface area contributed by atoms with Crippen LogP contribution >= 0.6 is 0 Å². The smallest absolute Gasteiger partial charge is 0.275 e. The quantitative estimate of drug-likeness (QED) is 0.484. The normalized spacial score (nSPS) is 18.1. The van der Waals surface area contributed by atoms with E-state index in [1.807, 2.05) is 51.6 Å². The number of benzene rings is 2. The first-order valence-electron chi connectivity index (χ1n) is 12.2. The van der Waals surface area contributed by atoms with Gasteiger partial charge in [-0.15, -0.1) is 0 Å². The van der Waals surface area contributed by atoms with Crippen LogP contribution in [0.3, 0.4) is 0 Å². The molecule has 1 spiro atoms. The van der Waals surface area contributed by atoms with Crippen LogP contribution in [0, 0.1) is 5.82 Å². The molecule has 180 valence electrons. The van der Waals surface area contributed by atoms with Gasteiger partial charge in [0.1, 0.15) is 16.9 Å². The van der Waals surface area contributed by atoms with Crippen LogP contribution in [0.2, 0.25) is 0 Å². The van der Waals surface area contributed by atoms with Gasteiger partial charge in [-0.05, 0) is 74.3 Å². The average Bonchev–Trinajstić information content (AvgIpc) is 3.49. The lowest BCUT2D eigenvalue weighted by molar-refractivity contribution is -0.125. The summed E-state index contributed by atoms with van der Waals surface area (Å²) in [5, 5.41) is 2.99. The van der Waals surface area contributed by atoms with Crippen LogP contribution in [0.25, 0.3) is 16.6 Å². The molecule has 2 aromatic carbocycles. The number of nitrogens with zero attached hydrogens (tertiary/aromatic N) is 4.